The van der Waals surface area contributed by atoms with Gasteiger partial charge in [-0.1, -0.05) is 42.5 Å². The molecule has 0 radical (unpaired) electrons. The molecule has 1 unspecified atom stereocenters. The van der Waals surface area contributed by atoms with Gasteiger partial charge in [0.05, 0.1) is 5.75 Å². The van der Waals surface area contributed by atoms with E-state index in [1.807, 2.05) is 42.5 Å². The van der Waals surface area contributed by atoms with E-state index in [-0.39, 0.29) is 5.75 Å². The van der Waals surface area contributed by atoms with Gasteiger partial charge in [0.15, 0.2) is 0 Å². The number of hydrogen-bond acceptors (Lipinski definition) is 3. The van der Waals surface area contributed by atoms with Crippen molar-refractivity contribution in [1.29, 1.82) is 0 Å². The van der Waals surface area contributed by atoms with Gasteiger partial charge in [-0.15, -0.1) is 0 Å². The highest BCUT2D eigenvalue weighted by Crippen LogP contribution is 2.20. The Labute approximate surface area is 107 Å². The van der Waals surface area contributed by atoms with Gasteiger partial charge in [-0.3, -0.25) is 0 Å². The second kappa shape index (κ2) is 5.78. The van der Waals surface area contributed by atoms with Gasteiger partial charge >= 0.3 is 0 Å². The molecular weight excluding hydrogens is 248 g/mol. The molecule has 0 heterocycles. The monoisotopic (exact) mass is 262 g/mol. The SMILES string of the molecule is O=CC(Cc1cccc2ccccc12)C[SH](=O)=O. The maximum Gasteiger partial charge on any atom is 0.140 e. The Balaban J connectivity index is 2.33. The smallest absolute Gasteiger partial charge is 0.140 e. The molecule has 0 bridgehead atoms. The molecule has 0 fully saturated rings. The van der Waals surface area contributed by atoms with Crippen molar-refractivity contribution in [1.82, 2.24) is 0 Å². The lowest BCUT2D eigenvalue weighted by molar-refractivity contribution is -0.110. The summed E-state index contributed by atoms with van der Waals surface area (Å²) in [7, 11) is -2.52. The van der Waals surface area contributed by atoms with E-state index >= 15 is 0 Å². The van der Waals surface area contributed by atoms with Crippen molar-refractivity contribution < 1.29 is 13.2 Å². The van der Waals surface area contributed by atoms with Gasteiger partial charge in [-0.2, -0.15) is 0 Å². The largest absolute Gasteiger partial charge is 0.303 e. The minimum absolute atomic E-state index is 0.0813. The molecule has 2 aromatic rings. The fraction of sp³-hybridized carbons (Fsp3) is 0.214. The van der Waals surface area contributed by atoms with Crippen LogP contribution >= 0.6 is 0 Å². The van der Waals surface area contributed by atoms with Crippen LogP contribution in [0.3, 0.4) is 0 Å². The van der Waals surface area contributed by atoms with Crippen LogP contribution in [-0.4, -0.2) is 20.5 Å². The van der Waals surface area contributed by atoms with Gasteiger partial charge in [0.25, 0.3) is 0 Å². The molecule has 18 heavy (non-hydrogen) atoms. The summed E-state index contributed by atoms with van der Waals surface area (Å²) in [6, 6.07) is 13.8. The van der Waals surface area contributed by atoms with Gasteiger partial charge in [0.2, 0.25) is 0 Å². The van der Waals surface area contributed by atoms with Gasteiger partial charge in [0.1, 0.15) is 17.0 Å². The van der Waals surface area contributed by atoms with Crippen molar-refractivity contribution in [2.24, 2.45) is 5.92 Å². The molecule has 0 aromatic heterocycles. The van der Waals surface area contributed by atoms with Crippen LogP contribution in [-0.2, 0) is 21.9 Å². The molecule has 3 nitrogen and oxygen atoms in total. The summed E-state index contributed by atoms with van der Waals surface area (Å²) < 4.78 is 21.4. The maximum absolute atomic E-state index is 10.9. The molecule has 0 amide bonds. The zero-order chi connectivity index (χ0) is 13.0. The molecule has 4 heteroatoms. The van der Waals surface area contributed by atoms with E-state index in [1.54, 1.807) is 0 Å². The van der Waals surface area contributed by atoms with E-state index in [0.29, 0.717) is 6.42 Å². The van der Waals surface area contributed by atoms with Gasteiger partial charge in [0, 0.05) is 5.92 Å². The van der Waals surface area contributed by atoms with Crippen LogP contribution in [0.5, 0.6) is 0 Å². The van der Waals surface area contributed by atoms with Crippen molar-refractivity contribution in [2.45, 2.75) is 6.42 Å². The third-order valence-corrected chi connectivity index (χ3v) is 3.71. The fourth-order valence-corrected chi connectivity index (χ4v) is 2.70. The Morgan fingerprint density at radius 1 is 1.06 bits per heavy atom. The predicted octanol–water partition coefficient (Wildman–Crippen LogP) is 1.81. The lowest BCUT2D eigenvalue weighted by Crippen LogP contribution is -2.12. The minimum atomic E-state index is -2.52. The normalized spacial score (nSPS) is 12.7. The van der Waals surface area contributed by atoms with E-state index in [0.717, 1.165) is 22.6 Å². The lowest BCUT2D eigenvalue weighted by atomic mass is 9.97. The van der Waals surface area contributed by atoms with Crippen LogP contribution in [0.1, 0.15) is 5.56 Å². The number of benzene rings is 2. The third-order valence-electron chi connectivity index (χ3n) is 2.94. The van der Waals surface area contributed by atoms with Crippen LogP contribution in [0.15, 0.2) is 42.5 Å². The molecule has 2 rings (SSSR count). The molecule has 94 valence electrons. The first-order valence-corrected chi connectivity index (χ1v) is 7.10. The molecule has 0 saturated heterocycles. The standard InChI is InChI=1S/C14H14O3S/c15-9-11(10-18(16)17)8-13-6-3-5-12-4-1-2-7-14(12)13/h1-7,9,11,18H,8,10H2. The summed E-state index contributed by atoms with van der Waals surface area (Å²) in [6.45, 7) is 0. The summed E-state index contributed by atoms with van der Waals surface area (Å²) in [6.07, 6.45) is 1.20. The first-order valence-electron chi connectivity index (χ1n) is 5.74. The van der Waals surface area contributed by atoms with E-state index in [2.05, 4.69) is 0 Å². The number of thiol groups is 1. The highest BCUT2D eigenvalue weighted by Gasteiger charge is 2.11. The zero-order valence-electron chi connectivity index (χ0n) is 9.78. The first-order chi connectivity index (χ1) is 8.70. The Bertz CT molecular complexity index is 618. The van der Waals surface area contributed by atoms with Gasteiger partial charge in [-0.25, -0.2) is 8.42 Å². The van der Waals surface area contributed by atoms with Gasteiger partial charge < -0.3 is 4.79 Å². The van der Waals surface area contributed by atoms with E-state index < -0.39 is 16.6 Å². The summed E-state index contributed by atoms with van der Waals surface area (Å²) >= 11 is 0. The number of aldehydes is 1. The van der Waals surface area contributed by atoms with Crippen LogP contribution in [0, 0.1) is 5.92 Å². The number of rotatable bonds is 5. The molecule has 0 saturated carbocycles. The molecule has 0 N–H and O–H groups in total. The average Bonchev–Trinajstić information content (AvgIpc) is 2.38. The maximum atomic E-state index is 10.9. The molecule has 2 aromatic carbocycles. The third kappa shape index (κ3) is 2.96. The quantitative estimate of drug-likeness (QED) is 0.660. The van der Waals surface area contributed by atoms with Crippen molar-refractivity contribution in [2.75, 3.05) is 5.75 Å². The number of carbonyl (C=O) groups is 1. The Kier molecular flexibility index (Phi) is 4.10. The second-order valence-corrected chi connectivity index (χ2v) is 5.28. The average molecular weight is 262 g/mol. The second-order valence-electron chi connectivity index (χ2n) is 4.25. The molecule has 1 atom stereocenters. The minimum Gasteiger partial charge on any atom is -0.303 e. The number of hydrogen-bond donors (Lipinski definition) is 1. The van der Waals surface area contributed by atoms with Gasteiger partial charge in [-0.05, 0) is 22.8 Å². The summed E-state index contributed by atoms with van der Waals surface area (Å²) in [5, 5.41) is 2.18. The summed E-state index contributed by atoms with van der Waals surface area (Å²) in [5.74, 6) is -0.542. The number of carbonyl (C=O) groups excluding carboxylic acids is 1. The van der Waals surface area contributed by atoms with Crippen LogP contribution < -0.4 is 0 Å². The van der Waals surface area contributed by atoms with E-state index in [1.165, 1.54) is 0 Å². The Morgan fingerprint density at radius 3 is 2.50 bits per heavy atom. The lowest BCUT2D eigenvalue weighted by Gasteiger charge is -2.09. The van der Waals surface area contributed by atoms with Crippen LogP contribution in [0.2, 0.25) is 0 Å². The molecular formula is C14H14O3S. The zero-order valence-corrected chi connectivity index (χ0v) is 10.7. The van der Waals surface area contributed by atoms with Crippen molar-refractivity contribution >= 4 is 27.8 Å². The highest BCUT2D eigenvalue weighted by atomic mass is 32.2. The van der Waals surface area contributed by atoms with Crippen LogP contribution in [0.25, 0.3) is 10.8 Å². The van der Waals surface area contributed by atoms with Crippen molar-refractivity contribution in [3.8, 4) is 0 Å². The highest BCUT2D eigenvalue weighted by molar-refractivity contribution is 7.72. The predicted molar refractivity (Wildman–Crippen MR) is 72.4 cm³/mol. The first kappa shape index (κ1) is 12.8. The van der Waals surface area contributed by atoms with E-state index in [4.69, 9.17) is 0 Å². The molecule has 0 spiro atoms. The topological polar surface area (TPSA) is 51.2 Å². The fourth-order valence-electron chi connectivity index (χ4n) is 2.10. The Morgan fingerprint density at radius 2 is 1.78 bits per heavy atom. The van der Waals surface area contributed by atoms with Crippen molar-refractivity contribution in [3.63, 3.8) is 0 Å². The van der Waals surface area contributed by atoms with Crippen molar-refractivity contribution in [3.05, 3.63) is 48.0 Å². The summed E-state index contributed by atoms with van der Waals surface area (Å²) in [5.41, 5.74) is 1.02. The summed E-state index contributed by atoms with van der Waals surface area (Å²) in [4.78, 5) is 10.9. The van der Waals surface area contributed by atoms with Crippen LogP contribution in [0.4, 0.5) is 0 Å². The molecule has 0 aliphatic heterocycles. The molecule has 0 aliphatic carbocycles. The number of fused-ring (bicyclic) bond motifs is 1. The Hall–Kier alpha value is -1.68. The van der Waals surface area contributed by atoms with E-state index in [9.17, 15) is 13.2 Å². The molecule has 0 aliphatic rings.